The first kappa shape index (κ1) is 27.8. The second kappa shape index (κ2) is 11.1. The number of furan rings is 1. The summed E-state index contributed by atoms with van der Waals surface area (Å²) in [6, 6.07) is 52.9. The molecule has 0 atom stereocenters. The van der Waals surface area contributed by atoms with E-state index in [0.29, 0.717) is 5.84 Å². The van der Waals surface area contributed by atoms with Crippen molar-refractivity contribution in [3.8, 4) is 11.1 Å². The number of aliphatic imine (C=N–C) groups is 2. The average Bonchev–Trinajstić information content (AvgIpc) is 3.64. The minimum atomic E-state index is 0.626. The third-order valence-electron chi connectivity index (χ3n) is 9.34. The first-order valence-electron chi connectivity index (χ1n) is 16.3. The van der Waals surface area contributed by atoms with Crippen molar-refractivity contribution in [2.75, 3.05) is 0 Å². The Kier molecular flexibility index (Phi) is 6.31. The molecule has 0 radical (unpaired) electrons. The lowest BCUT2D eigenvalue weighted by Gasteiger charge is -2.12. The molecule has 10 rings (SSSR count). The van der Waals surface area contributed by atoms with Crippen molar-refractivity contribution in [2.24, 2.45) is 9.98 Å². The van der Waals surface area contributed by atoms with E-state index in [1.807, 2.05) is 47.7 Å². The molecule has 0 saturated carbocycles. The van der Waals surface area contributed by atoms with Gasteiger partial charge in [0.05, 0.1) is 5.71 Å². The van der Waals surface area contributed by atoms with Gasteiger partial charge in [-0.05, 0) is 40.6 Å². The summed E-state index contributed by atoms with van der Waals surface area (Å²) in [5.74, 6) is 0.626. The molecule has 0 fully saturated rings. The number of fused-ring (bicyclic) bond motifs is 7. The number of allylic oxidation sites excluding steroid dienone is 1. The molecule has 7 aromatic carbocycles. The predicted molar refractivity (Wildman–Crippen MR) is 207 cm³/mol. The van der Waals surface area contributed by atoms with Crippen LogP contribution in [-0.4, -0.2) is 11.5 Å². The van der Waals surface area contributed by atoms with Gasteiger partial charge >= 0.3 is 0 Å². The Hall–Kier alpha value is -6.32. The van der Waals surface area contributed by atoms with E-state index in [0.717, 1.165) is 61.2 Å². The van der Waals surface area contributed by atoms with Crippen molar-refractivity contribution in [3.05, 3.63) is 180 Å². The molecule has 3 heterocycles. The Morgan fingerprint density at radius 3 is 2.10 bits per heavy atom. The van der Waals surface area contributed by atoms with Crippen LogP contribution in [0.5, 0.6) is 0 Å². The fourth-order valence-corrected chi connectivity index (χ4v) is 8.21. The summed E-state index contributed by atoms with van der Waals surface area (Å²) >= 11 is 1.82. The van der Waals surface area contributed by atoms with Gasteiger partial charge in [0.1, 0.15) is 16.9 Å². The monoisotopic (exact) mass is 642 g/mol. The molecular formula is C45H26N2OS. The lowest BCUT2D eigenvalue weighted by atomic mass is 9.96. The van der Waals surface area contributed by atoms with E-state index < -0.39 is 0 Å². The number of hydrogen-bond acceptors (Lipinski definition) is 4. The van der Waals surface area contributed by atoms with Gasteiger partial charge in [-0.3, -0.25) is 0 Å². The Morgan fingerprint density at radius 2 is 1.20 bits per heavy atom. The van der Waals surface area contributed by atoms with Crippen LogP contribution in [0.4, 0.5) is 0 Å². The number of nitrogens with zero attached hydrogens (tertiary/aromatic N) is 2. The molecule has 0 amide bonds. The van der Waals surface area contributed by atoms with Gasteiger partial charge in [-0.2, -0.15) is 0 Å². The van der Waals surface area contributed by atoms with Crippen LogP contribution in [0.3, 0.4) is 0 Å². The topological polar surface area (TPSA) is 37.9 Å². The largest absolute Gasteiger partial charge is 0.455 e. The van der Waals surface area contributed by atoms with Crippen LogP contribution in [-0.2, 0) is 0 Å². The normalized spacial score (nSPS) is 13.3. The zero-order valence-electron chi connectivity index (χ0n) is 26.2. The van der Waals surface area contributed by atoms with Crippen molar-refractivity contribution < 1.29 is 4.42 Å². The quantitative estimate of drug-likeness (QED) is 0.176. The SMILES string of the molecule is C1=CC(c2ccccc2)=NC(c2ccccc2-c2cccc3c2oc2ccccc23)=NC=1c1cccc2sc3cc4ccccc4cc3c12. The number of thiophene rings is 1. The van der Waals surface area contributed by atoms with Crippen molar-refractivity contribution in [3.63, 3.8) is 0 Å². The Morgan fingerprint density at radius 1 is 0.510 bits per heavy atom. The zero-order valence-corrected chi connectivity index (χ0v) is 27.0. The second-order valence-electron chi connectivity index (χ2n) is 12.2. The highest BCUT2D eigenvalue weighted by atomic mass is 32.1. The maximum atomic E-state index is 6.50. The zero-order chi connectivity index (χ0) is 32.3. The molecule has 228 valence electrons. The van der Waals surface area contributed by atoms with E-state index in [9.17, 15) is 0 Å². The molecule has 4 heteroatoms. The summed E-state index contributed by atoms with van der Waals surface area (Å²) in [5.41, 5.74) is 11.9. The fraction of sp³-hybridized carbons (Fsp3) is 0. The summed E-state index contributed by atoms with van der Waals surface area (Å²) in [7, 11) is 0. The van der Waals surface area contributed by atoms with Gasteiger partial charge in [0.2, 0.25) is 0 Å². The first-order valence-corrected chi connectivity index (χ1v) is 17.1. The molecule has 1 aliphatic heterocycles. The minimum Gasteiger partial charge on any atom is -0.455 e. The maximum Gasteiger partial charge on any atom is 0.161 e. The van der Waals surface area contributed by atoms with E-state index in [-0.39, 0.29) is 0 Å². The van der Waals surface area contributed by atoms with E-state index in [4.69, 9.17) is 14.4 Å². The van der Waals surface area contributed by atoms with Crippen LogP contribution in [0, 0.1) is 0 Å². The maximum absolute atomic E-state index is 6.50. The third-order valence-corrected chi connectivity index (χ3v) is 10.5. The standard InChI is InChI=1S/C45H26N2OS/c1-2-12-28(13-3-1)38-24-25-39(36-21-11-23-41-43(36)37-26-29-14-4-5-15-30(29)27-42(37)49-41)47-45(46-38)35-18-7-6-16-31(35)33-19-10-20-34-32-17-8-9-22-40(32)48-44(33)34/h1-24,26-27H. The van der Waals surface area contributed by atoms with Crippen molar-refractivity contribution in [1.29, 1.82) is 0 Å². The van der Waals surface area contributed by atoms with Crippen molar-refractivity contribution in [1.82, 2.24) is 0 Å². The molecule has 1 aliphatic rings. The van der Waals surface area contributed by atoms with Crippen molar-refractivity contribution >= 4 is 81.5 Å². The molecular weight excluding hydrogens is 617 g/mol. The smallest absolute Gasteiger partial charge is 0.161 e. The van der Waals surface area contributed by atoms with E-state index >= 15 is 0 Å². The molecule has 9 aromatic rings. The summed E-state index contributed by atoms with van der Waals surface area (Å²) in [5, 5.41) is 7.08. The van der Waals surface area contributed by atoms with Gasteiger partial charge in [0, 0.05) is 59.3 Å². The molecule has 49 heavy (non-hydrogen) atoms. The molecule has 0 aliphatic carbocycles. The lowest BCUT2D eigenvalue weighted by molar-refractivity contribution is 0.670. The average molecular weight is 643 g/mol. The van der Waals surface area contributed by atoms with Gasteiger partial charge < -0.3 is 4.42 Å². The van der Waals surface area contributed by atoms with Gasteiger partial charge in [-0.1, -0.05) is 133 Å². The summed E-state index contributed by atoms with van der Waals surface area (Å²) in [6.07, 6.45) is 1.98. The molecule has 0 N–H and O–H groups in total. The first-order chi connectivity index (χ1) is 24.3. The van der Waals surface area contributed by atoms with Crippen LogP contribution in [0.25, 0.3) is 69.7 Å². The minimum absolute atomic E-state index is 0.626. The van der Waals surface area contributed by atoms with Crippen LogP contribution in [0.1, 0.15) is 16.7 Å². The van der Waals surface area contributed by atoms with E-state index in [1.165, 1.54) is 30.9 Å². The Balaban J connectivity index is 1.22. The number of benzene rings is 7. The molecule has 0 saturated heterocycles. The highest BCUT2D eigenvalue weighted by molar-refractivity contribution is 7.26. The number of amidine groups is 1. The number of hydrogen-bond donors (Lipinski definition) is 0. The summed E-state index contributed by atoms with van der Waals surface area (Å²) < 4.78 is 8.98. The van der Waals surface area contributed by atoms with Gasteiger partial charge in [-0.15, -0.1) is 11.3 Å². The molecule has 2 aromatic heterocycles. The highest BCUT2D eigenvalue weighted by Crippen LogP contribution is 2.41. The van der Waals surface area contributed by atoms with Gasteiger partial charge in [0.25, 0.3) is 0 Å². The molecule has 0 bridgehead atoms. The lowest BCUT2D eigenvalue weighted by Crippen LogP contribution is -2.05. The Labute approximate surface area is 286 Å². The van der Waals surface area contributed by atoms with Gasteiger partial charge in [-0.25, -0.2) is 9.98 Å². The van der Waals surface area contributed by atoms with Crippen molar-refractivity contribution in [2.45, 2.75) is 0 Å². The number of para-hydroxylation sites is 2. The molecule has 0 spiro atoms. The highest BCUT2D eigenvalue weighted by Gasteiger charge is 2.20. The number of rotatable bonds is 4. The van der Waals surface area contributed by atoms with Crippen LogP contribution < -0.4 is 0 Å². The Bertz CT molecular complexity index is 2920. The van der Waals surface area contributed by atoms with Crippen LogP contribution in [0.15, 0.2) is 178 Å². The van der Waals surface area contributed by atoms with E-state index in [2.05, 4.69) is 127 Å². The van der Waals surface area contributed by atoms with E-state index in [1.54, 1.807) is 0 Å². The summed E-state index contributed by atoms with van der Waals surface area (Å²) in [6.45, 7) is 0. The fourth-order valence-electron chi connectivity index (χ4n) is 7.04. The van der Waals surface area contributed by atoms with Crippen LogP contribution in [0.2, 0.25) is 0 Å². The second-order valence-corrected chi connectivity index (χ2v) is 13.3. The molecule has 3 nitrogen and oxygen atoms in total. The molecule has 0 unspecified atom stereocenters. The predicted octanol–water partition coefficient (Wildman–Crippen LogP) is 12.2. The van der Waals surface area contributed by atoms with Crippen LogP contribution >= 0.6 is 11.3 Å². The third kappa shape index (κ3) is 4.58. The van der Waals surface area contributed by atoms with Gasteiger partial charge in [0.15, 0.2) is 5.84 Å². The summed E-state index contributed by atoms with van der Waals surface area (Å²) in [4.78, 5) is 10.6.